The summed E-state index contributed by atoms with van der Waals surface area (Å²) < 4.78 is 0.306. The lowest BCUT2D eigenvalue weighted by Gasteiger charge is -2.39. The molecule has 1 aliphatic rings. The zero-order valence-corrected chi connectivity index (χ0v) is 11.9. The lowest BCUT2D eigenvalue weighted by atomic mass is 10.2. The molecule has 1 fully saturated rings. The minimum atomic E-state index is 0.306. The predicted molar refractivity (Wildman–Crippen MR) is 77.5 cm³/mol. The molecule has 0 aliphatic carbocycles. The second-order valence-corrected chi connectivity index (χ2v) is 6.52. The van der Waals surface area contributed by atoms with Gasteiger partial charge in [0.2, 0.25) is 0 Å². The van der Waals surface area contributed by atoms with Gasteiger partial charge in [-0.1, -0.05) is 0 Å². The highest BCUT2D eigenvalue weighted by Crippen LogP contribution is 2.29. The number of guanidine groups is 1. The van der Waals surface area contributed by atoms with E-state index in [4.69, 9.17) is 6.42 Å². The van der Waals surface area contributed by atoms with Gasteiger partial charge in [0.15, 0.2) is 5.96 Å². The fourth-order valence-electron chi connectivity index (χ4n) is 1.85. The summed E-state index contributed by atoms with van der Waals surface area (Å²) in [6, 6.07) is 0. The first kappa shape index (κ1) is 14.2. The van der Waals surface area contributed by atoms with Crippen LogP contribution in [0.15, 0.2) is 4.99 Å². The molecule has 0 amide bonds. The number of hydrogen-bond acceptors (Lipinski definition) is 2. The Hall–Kier alpha value is -0.820. The largest absolute Gasteiger partial charge is 0.357 e. The van der Waals surface area contributed by atoms with Crippen LogP contribution in [0, 0.1) is 12.3 Å². The van der Waals surface area contributed by atoms with Crippen LogP contribution < -0.4 is 5.32 Å². The minimum Gasteiger partial charge on any atom is -0.357 e. The Labute approximate surface area is 109 Å². The summed E-state index contributed by atoms with van der Waals surface area (Å²) in [6.07, 6.45) is 5.96. The maximum atomic E-state index is 5.25. The van der Waals surface area contributed by atoms with Crippen LogP contribution in [0.3, 0.4) is 0 Å². The molecule has 1 saturated heterocycles. The molecule has 0 atom stereocenters. The summed E-state index contributed by atoms with van der Waals surface area (Å²) in [5.74, 6) is 4.80. The fourth-order valence-corrected chi connectivity index (χ4v) is 2.96. The van der Waals surface area contributed by atoms with E-state index in [1.54, 1.807) is 0 Å². The summed E-state index contributed by atoms with van der Waals surface area (Å²) in [5, 5.41) is 3.35. The van der Waals surface area contributed by atoms with Crippen molar-refractivity contribution in [2.45, 2.75) is 31.9 Å². The van der Waals surface area contributed by atoms with Crippen LogP contribution in [-0.4, -0.2) is 47.5 Å². The van der Waals surface area contributed by atoms with Crippen molar-refractivity contribution >= 4 is 17.7 Å². The number of aliphatic imine (C=N–C) groups is 1. The highest BCUT2D eigenvalue weighted by molar-refractivity contribution is 8.00. The Morgan fingerprint density at radius 2 is 2.35 bits per heavy atom. The van der Waals surface area contributed by atoms with Crippen molar-refractivity contribution in [1.29, 1.82) is 0 Å². The van der Waals surface area contributed by atoms with Gasteiger partial charge in [0.25, 0.3) is 0 Å². The van der Waals surface area contributed by atoms with Crippen LogP contribution >= 0.6 is 11.8 Å². The highest BCUT2D eigenvalue weighted by Gasteiger charge is 2.28. The van der Waals surface area contributed by atoms with E-state index < -0.39 is 0 Å². The molecule has 1 rings (SSSR count). The van der Waals surface area contributed by atoms with Crippen molar-refractivity contribution < 1.29 is 0 Å². The van der Waals surface area contributed by atoms with Crippen molar-refractivity contribution in [2.75, 3.05) is 31.9 Å². The summed E-state index contributed by atoms with van der Waals surface area (Å²) in [6.45, 7) is 10.4. The van der Waals surface area contributed by atoms with Crippen LogP contribution in [-0.2, 0) is 0 Å². The molecule has 0 aromatic heterocycles. The number of rotatable bonds is 3. The van der Waals surface area contributed by atoms with Crippen LogP contribution in [0.25, 0.3) is 0 Å². The number of terminal acetylenes is 1. The maximum absolute atomic E-state index is 5.25. The molecule has 0 aromatic carbocycles. The summed E-state index contributed by atoms with van der Waals surface area (Å²) in [4.78, 5) is 6.92. The molecule has 0 aromatic rings. The zero-order chi connectivity index (χ0) is 12.7. The van der Waals surface area contributed by atoms with E-state index in [0.717, 1.165) is 31.3 Å². The van der Waals surface area contributed by atoms with Gasteiger partial charge in [0.05, 0.1) is 6.54 Å². The van der Waals surface area contributed by atoms with E-state index in [0.29, 0.717) is 17.7 Å². The van der Waals surface area contributed by atoms with Gasteiger partial charge in [-0.05, 0) is 20.8 Å². The summed E-state index contributed by atoms with van der Waals surface area (Å²) in [5.41, 5.74) is 0. The molecule has 4 heteroatoms. The molecule has 0 radical (unpaired) electrons. The minimum absolute atomic E-state index is 0.306. The molecular formula is C13H23N3S. The van der Waals surface area contributed by atoms with E-state index in [-0.39, 0.29) is 0 Å². The molecule has 0 bridgehead atoms. The third kappa shape index (κ3) is 4.91. The van der Waals surface area contributed by atoms with E-state index in [1.165, 1.54) is 0 Å². The normalized spacial score (nSPS) is 19.9. The Bertz CT molecular complexity index is 304. The average Bonchev–Trinajstić information content (AvgIpc) is 2.27. The Morgan fingerprint density at radius 1 is 1.59 bits per heavy atom. The number of hydrogen-bond donors (Lipinski definition) is 1. The van der Waals surface area contributed by atoms with E-state index >= 15 is 0 Å². The molecular weight excluding hydrogens is 230 g/mol. The molecule has 0 unspecified atom stereocenters. The molecule has 3 nitrogen and oxygen atoms in total. The Morgan fingerprint density at radius 3 is 2.94 bits per heavy atom. The third-order valence-corrected chi connectivity index (χ3v) is 3.88. The van der Waals surface area contributed by atoms with Gasteiger partial charge >= 0.3 is 0 Å². The Balaban J connectivity index is 2.63. The van der Waals surface area contributed by atoms with Gasteiger partial charge in [-0.3, -0.25) is 4.99 Å². The predicted octanol–water partition coefficient (Wildman–Crippen LogP) is 1.80. The average molecular weight is 253 g/mol. The van der Waals surface area contributed by atoms with E-state index in [2.05, 4.69) is 41.9 Å². The van der Waals surface area contributed by atoms with Crippen molar-refractivity contribution in [3.8, 4) is 12.3 Å². The van der Waals surface area contributed by atoms with Gasteiger partial charge in [0.1, 0.15) is 0 Å². The number of thioether (sulfide) groups is 1. The molecule has 1 heterocycles. The lowest BCUT2D eigenvalue weighted by Crippen LogP contribution is -2.51. The quantitative estimate of drug-likeness (QED) is 0.360. The third-order valence-electron chi connectivity index (χ3n) is 2.58. The second-order valence-electron chi connectivity index (χ2n) is 4.72. The second kappa shape index (κ2) is 6.80. The molecule has 17 heavy (non-hydrogen) atoms. The number of nitrogens with zero attached hydrogens (tertiary/aromatic N) is 2. The first-order valence-corrected chi connectivity index (χ1v) is 7.18. The fraction of sp³-hybridized carbons (Fsp3) is 0.769. The standard InChI is InChI=1S/C13H23N3S/c1-5-7-8-15-12(14-6-2)16-9-10-17-13(3,4)11-16/h1H,6-11H2,2-4H3,(H,14,15). The smallest absolute Gasteiger partial charge is 0.194 e. The van der Waals surface area contributed by atoms with Gasteiger partial charge in [-0.2, -0.15) is 11.8 Å². The van der Waals surface area contributed by atoms with Crippen molar-refractivity contribution in [3.05, 3.63) is 0 Å². The number of nitrogens with one attached hydrogen (secondary N) is 1. The highest BCUT2D eigenvalue weighted by atomic mass is 32.2. The maximum Gasteiger partial charge on any atom is 0.194 e. The van der Waals surface area contributed by atoms with Gasteiger partial charge in [-0.15, -0.1) is 12.3 Å². The molecule has 1 N–H and O–H groups in total. The monoisotopic (exact) mass is 253 g/mol. The zero-order valence-electron chi connectivity index (χ0n) is 11.1. The summed E-state index contributed by atoms with van der Waals surface area (Å²) in [7, 11) is 0. The van der Waals surface area contributed by atoms with Crippen molar-refractivity contribution in [1.82, 2.24) is 10.2 Å². The van der Waals surface area contributed by atoms with Crippen molar-refractivity contribution in [2.24, 2.45) is 4.99 Å². The SMILES string of the molecule is C#CCCN=C(NCC)N1CCSC(C)(C)C1. The molecule has 0 spiro atoms. The van der Waals surface area contributed by atoms with Crippen molar-refractivity contribution in [3.63, 3.8) is 0 Å². The van der Waals surface area contributed by atoms with Crippen LogP contribution in [0.1, 0.15) is 27.2 Å². The van der Waals surface area contributed by atoms with Crippen LogP contribution in [0.5, 0.6) is 0 Å². The first-order chi connectivity index (χ1) is 8.09. The van der Waals surface area contributed by atoms with E-state index in [1.807, 2.05) is 11.8 Å². The van der Waals surface area contributed by atoms with Crippen LogP contribution in [0.4, 0.5) is 0 Å². The molecule has 0 saturated carbocycles. The van der Waals surface area contributed by atoms with Crippen LogP contribution in [0.2, 0.25) is 0 Å². The summed E-state index contributed by atoms with van der Waals surface area (Å²) >= 11 is 2.03. The van der Waals surface area contributed by atoms with Gasteiger partial charge in [0, 0.05) is 36.6 Å². The lowest BCUT2D eigenvalue weighted by molar-refractivity contribution is 0.376. The topological polar surface area (TPSA) is 27.6 Å². The molecule has 1 aliphatic heterocycles. The van der Waals surface area contributed by atoms with Gasteiger partial charge in [-0.25, -0.2) is 0 Å². The first-order valence-electron chi connectivity index (χ1n) is 6.20. The Kier molecular flexibility index (Phi) is 5.70. The van der Waals surface area contributed by atoms with Gasteiger partial charge < -0.3 is 10.2 Å². The molecule has 96 valence electrons. The van der Waals surface area contributed by atoms with E-state index in [9.17, 15) is 0 Å².